The van der Waals surface area contributed by atoms with Gasteiger partial charge >= 0.3 is 5.97 Å². The molecule has 2 amide bonds. The van der Waals surface area contributed by atoms with Gasteiger partial charge in [0.2, 0.25) is 11.8 Å². The Balaban J connectivity index is 1.49. The molecule has 2 aromatic rings. The molecule has 3 aliphatic carbocycles. The number of methoxy groups -OCH3 is 1. The molecule has 1 aliphatic heterocycles. The van der Waals surface area contributed by atoms with Crippen LogP contribution in [-0.4, -0.2) is 86.8 Å². The molecule has 0 aromatic heterocycles. The molecule has 4 fully saturated rings. The van der Waals surface area contributed by atoms with Gasteiger partial charge in [-0.05, 0) is 72.3 Å². The van der Waals surface area contributed by atoms with Crippen molar-refractivity contribution in [3.05, 3.63) is 47.5 Å². The molecule has 4 aliphatic rings. The van der Waals surface area contributed by atoms with Gasteiger partial charge in [-0.25, -0.2) is 0 Å². The lowest BCUT2D eigenvalue weighted by Gasteiger charge is -2.62. The number of anilines is 1. The van der Waals surface area contributed by atoms with Gasteiger partial charge < -0.3 is 30.3 Å². The molecule has 3 N–H and O–H groups in total. The van der Waals surface area contributed by atoms with Crippen molar-refractivity contribution in [3.8, 4) is 16.9 Å². The lowest BCUT2D eigenvalue weighted by molar-refractivity contribution is -0.175. The molecule has 0 radical (unpaired) electrons. The van der Waals surface area contributed by atoms with Crippen LogP contribution in [0.1, 0.15) is 65.5 Å². The zero-order valence-corrected chi connectivity index (χ0v) is 31.5. The molecule has 50 heavy (non-hydrogen) atoms. The summed E-state index contributed by atoms with van der Waals surface area (Å²) in [5.41, 5.74) is 11.2. The van der Waals surface area contributed by atoms with Crippen molar-refractivity contribution < 1.29 is 28.7 Å². The Morgan fingerprint density at radius 2 is 1.84 bits per heavy atom. The summed E-state index contributed by atoms with van der Waals surface area (Å²) in [4.78, 5) is 48.8. The monoisotopic (exact) mass is 691 g/mol. The Hall–Kier alpha value is -3.67. The minimum absolute atomic E-state index is 0.0127. The first-order chi connectivity index (χ1) is 23.6. The van der Waals surface area contributed by atoms with E-state index in [1.165, 1.54) is 13.3 Å². The Kier molecular flexibility index (Phi) is 11.2. The molecular weight excluding hydrogens is 634 g/mol. The van der Waals surface area contributed by atoms with Crippen molar-refractivity contribution in [3.63, 3.8) is 0 Å². The number of para-hydroxylation sites is 1. The molecule has 3 saturated carbocycles. The molecule has 8 atom stereocenters. The molecular formula is C39H57N5O6. The van der Waals surface area contributed by atoms with Gasteiger partial charge in [-0.15, -0.1) is 0 Å². The normalized spacial score (nSPS) is 27.5. The van der Waals surface area contributed by atoms with Crippen molar-refractivity contribution in [1.82, 2.24) is 15.3 Å². The molecule has 0 spiro atoms. The number of carbonyl (C=O) groups excluding carboxylic acids is 3. The van der Waals surface area contributed by atoms with Crippen LogP contribution in [0.15, 0.2) is 36.4 Å². The predicted octanol–water partition coefficient (Wildman–Crippen LogP) is 4.60. The maximum atomic E-state index is 14.4. The van der Waals surface area contributed by atoms with E-state index in [1.807, 2.05) is 44.1 Å². The predicted molar refractivity (Wildman–Crippen MR) is 194 cm³/mol. The number of benzene rings is 2. The Morgan fingerprint density at radius 1 is 1.12 bits per heavy atom. The lowest BCUT2D eigenvalue weighted by atomic mass is 9.45. The average Bonchev–Trinajstić information content (AvgIpc) is 3.43. The highest BCUT2D eigenvalue weighted by atomic mass is 16.7. The lowest BCUT2D eigenvalue weighted by Crippen LogP contribution is -2.62. The van der Waals surface area contributed by atoms with Crippen LogP contribution in [-0.2, 0) is 37.0 Å². The topological polar surface area (TPSA) is 127 Å². The molecule has 6 rings (SSSR count). The third-order valence-electron chi connectivity index (χ3n) is 11.8. The van der Waals surface area contributed by atoms with Crippen LogP contribution < -0.4 is 20.7 Å². The van der Waals surface area contributed by atoms with Gasteiger partial charge in [-0.1, -0.05) is 39.0 Å². The number of ether oxygens (including phenoxy) is 2. The Labute approximate surface area is 297 Å². The molecule has 1 heterocycles. The largest absolute Gasteiger partial charge is 0.496 e. The maximum Gasteiger partial charge on any atom is 0.302 e. The smallest absolute Gasteiger partial charge is 0.302 e. The van der Waals surface area contributed by atoms with Crippen molar-refractivity contribution in [1.29, 1.82) is 0 Å². The van der Waals surface area contributed by atoms with E-state index in [4.69, 9.17) is 20.0 Å². The summed E-state index contributed by atoms with van der Waals surface area (Å²) in [6.07, 6.45) is 1.01. The number of carbonyl (C=O) groups is 3. The van der Waals surface area contributed by atoms with E-state index in [1.54, 1.807) is 31.0 Å². The van der Waals surface area contributed by atoms with E-state index in [0.29, 0.717) is 30.0 Å². The number of hydrogen-bond donors (Lipinski definition) is 2. The first kappa shape index (κ1) is 37.6. The number of amides is 2. The number of nitrogens with zero attached hydrogens (tertiary/aromatic N) is 3. The Morgan fingerprint density at radius 3 is 2.42 bits per heavy atom. The fourth-order valence-corrected chi connectivity index (χ4v) is 8.76. The van der Waals surface area contributed by atoms with Crippen LogP contribution >= 0.6 is 0 Å². The number of esters is 1. The number of hydroxylamine groups is 2. The average molecular weight is 692 g/mol. The van der Waals surface area contributed by atoms with Gasteiger partial charge in [0, 0.05) is 70.9 Å². The summed E-state index contributed by atoms with van der Waals surface area (Å²) in [6, 6.07) is 11.5. The zero-order chi connectivity index (χ0) is 36.7. The second-order valence-electron chi connectivity index (χ2n) is 15.5. The van der Waals surface area contributed by atoms with Crippen LogP contribution in [0, 0.1) is 29.1 Å². The van der Waals surface area contributed by atoms with E-state index in [2.05, 4.69) is 44.3 Å². The molecule has 1 saturated heterocycles. The highest BCUT2D eigenvalue weighted by Gasteiger charge is 2.57. The second kappa shape index (κ2) is 14.9. The van der Waals surface area contributed by atoms with E-state index >= 15 is 0 Å². The third kappa shape index (κ3) is 7.36. The fourth-order valence-electron chi connectivity index (χ4n) is 8.76. The van der Waals surface area contributed by atoms with Crippen LogP contribution in [0.4, 0.5) is 5.69 Å². The van der Waals surface area contributed by atoms with Crippen LogP contribution in [0.3, 0.4) is 0 Å². The van der Waals surface area contributed by atoms with Crippen LogP contribution in [0.2, 0.25) is 0 Å². The van der Waals surface area contributed by atoms with E-state index in [9.17, 15) is 14.4 Å². The first-order valence-corrected chi connectivity index (χ1v) is 17.9. The summed E-state index contributed by atoms with van der Waals surface area (Å²) in [7, 11) is 7.40. The van der Waals surface area contributed by atoms with E-state index < -0.39 is 30.1 Å². The minimum Gasteiger partial charge on any atom is -0.496 e. The zero-order valence-electron chi connectivity index (χ0n) is 31.5. The van der Waals surface area contributed by atoms with Crippen molar-refractivity contribution in [2.75, 3.05) is 39.7 Å². The quantitative estimate of drug-likeness (QED) is 0.307. The van der Waals surface area contributed by atoms with E-state index in [-0.39, 0.29) is 36.4 Å². The van der Waals surface area contributed by atoms with Gasteiger partial charge in [0.15, 0.2) is 0 Å². The van der Waals surface area contributed by atoms with Crippen molar-refractivity contribution in [2.24, 2.45) is 34.8 Å². The number of rotatable bonds is 12. The van der Waals surface area contributed by atoms with Crippen molar-refractivity contribution >= 4 is 23.5 Å². The highest BCUT2D eigenvalue weighted by molar-refractivity contribution is 5.83. The molecule has 11 heteroatoms. The molecule has 2 aromatic carbocycles. The van der Waals surface area contributed by atoms with E-state index in [0.717, 1.165) is 34.4 Å². The van der Waals surface area contributed by atoms with Gasteiger partial charge in [-0.2, -0.15) is 5.06 Å². The molecule has 11 nitrogen and oxygen atoms in total. The van der Waals surface area contributed by atoms with Crippen molar-refractivity contribution in [2.45, 2.75) is 91.8 Å². The van der Waals surface area contributed by atoms with Gasteiger partial charge in [0.05, 0.1) is 25.7 Å². The summed E-state index contributed by atoms with van der Waals surface area (Å²) < 4.78 is 11.8. The van der Waals surface area contributed by atoms with Gasteiger partial charge in [0.25, 0.3) is 0 Å². The molecule has 2 bridgehead atoms. The summed E-state index contributed by atoms with van der Waals surface area (Å²) in [5.74, 6) is 1.09. The van der Waals surface area contributed by atoms with Gasteiger partial charge in [-0.3, -0.25) is 19.2 Å². The van der Waals surface area contributed by atoms with Crippen LogP contribution in [0.25, 0.3) is 11.1 Å². The van der Waals surface area contributed by atoms with Crippen LogP contribution in [0.5, 0.6) is 5.75 Å². The third-order valence-corrected chi connectivity index (χ3v) is 11.8. The standard InChI is InChI=1S/C39H57N5O6/c1-22-32-17-29(39(32,5)6)18-33(22)41-38(47)36-35(23(2)49-25(4)46)34(19-40)50-44(36)21-27-12-11-13-31(37(27)48-10)28-14-26(20-43(9)24(3)45)15-30(16-28)42(7)8/h11-16,22-23,29,32-36H,17-21,40H2,1-10H3,(H,41,47)/t22-,23-,29-,32+,33?,34-,35+,36-/m0/s1. The minimum atomic E-state index is -0.754. The van der Waals surface area contributed by atoms with Gasteiger partial charge in [0.1, 0.15) is 17.9 Å². The Bertz CT molecular complexity index is 1580. The summed E-state index contributed by atoms with van der Waals surface area (Å²) >= 11 is 0. The number of hydrogen-bond acceptors (Lipinski definition) is 9. The SMILES string of the molecule is COc1c(CN2O[C@@H](CN)[C@@H]([C@H](C)OC(C)=O)[C@H]2C(=O)NC2C[C@@H]3C[C@H]([C@@H]2C)C3(C)C)cccc1-c1cc(CN(C)C(C)=O)cc(N(C)C)c1. The second-order valence-corrected chi connectivity index (χ2v) is 15.5. The maximum absolute atomic E-state index is 14.4. The fraction of sp³-hybridized carbons (Fsp3) is 0.615. The number of nitrogens with one attached hydrogen (secondary N) is 1. The molecule has 1 unspecified atom stereocenters. The summed E-state index contributed by atoms with van der Waals surface area (Å²) in [6.45, 7) is 12.5. The number of fused-ring (bicyclic) bond motifs is 2. The number of nitrogens with two attached hydrogens (primary N) is 1. The highest BCUT2D eigenvalue weighted by Crippen LogP contribution is 2.61. The first-order valence-electron chi connectivity index (χ1n) is 17.9. The summed E-state index contributed by atoms with van der Waals surface area (Å²) in [5, 5.41) is 5.12. The molecule has 274 valence electrons.